The van der Waals surface area contributed by atoms with E-state index in [-0.39, 0.29) is 11.5 Å². The van der Waals surface area contributed by atoms with E-state index in [0.717, 1.165) is 5.56 Å². The number of aliphatic imine (C=N–C) groups is 1. The summed E-state index contributed by atoms with van der Waals surface area (Å²) in [5.74, 6) is -5.42. The fraction of sp³-hybridized carbons (Fsp3) is 0.324. The van der Waals surface area contributed by atoms with Gasteiger partial charge in [0.25, 0.3) is 11.8 Å². The molecule has 0 radical (unpaired) electrons. The third kappa shape index (κ3) is 8.54. The van der Waals surface area contributed by atoms with Crippen molar-refractivity contribution >= 4 is 48.0 Å². The summed E-state index contributed by atoms with van der Waals surface area (Å²) in [4.78, 5) is 60.7. The number of guanidine groups is 1. The molecule has 14 heteroatoms. The number of carbonyl (C=O) groups is 4. The summed E-state index contributed by atoms with van der Waals surface area (Å²) >= 11 is 4.37. The first-order valence-electron chi connectivity index (χ1n) is 15.2. The maximum atomic E-state index is 14.9. The number of hydrogen-bond acceptors (Lipinski definition) is 7. The Kier molecular flexibility index (Phi) is 11.5. The molecule has 0 saturated carbocycles. The first-order valence-corrected chi connectivity index (χ1v) is 15.7. The minimum atomic E-state index is -5.41. The van der Waals surface area contributed by atoms with Gasteiger partial charge in [0.1, 0.15) is 6.04 Å². The molecule has 0 bridgehead atoms. The highest BCUT2D eigenvalue weighted by atomic mass is 32.1. The SMILES string of the molecule is CC(C)N1C(=O)C(c2ccccc2)N(C(CC(=O)OC(=O)C(F)(F)F)c2ccccc2)C(=O)c2cc(CCCC(S)N=C(N)N)ccc21. The third-order valence-corrected chi connectivity index (χ3v) is 8.08. The van der Waals surface area contributed by atoms with Gasteiger partial charge in [-0.1, -0.05) is 66.7 Å². The molecule has 48 heavy (non-hydrogen) atoms. The first-order chi connectivity index (χ1) is 22.7. The van der Waals surface area contributed by atoms with Crippen LogP contribution in [0.3, 0.4) is 0 Å². The van der Waals surface area contributed by atoms with Crippen LogP contribution < -0.4 is 16.4 Å². The number of aryl methyl sites for hydroxylation is 1. The monoisotopic (exact) mass is 683 g/mol. The Balaban J connectivity index is 1.86. The standard InChI is InChI=1S/C34H36F3N5O5S/c1-20(2)41-25-17-16-21(10-9-15-27(48)40-33(38)39)18-24(25)30(44)42(29(31(41)45)23-13-7-4-8-14-23)26(22-11-5-3-6-12-22)19-28(43)47-32(46)34(35,36)37/h3-8,11-14,16-18,20,26-27,29,48H,9-10,15,19H2,1-2H3,(H4,38,39,40). The molecule has 0 spiro atoms. The highest BCUT2D eigenvalue weighted by Crippen LogP contribution is 2.42. The number of benzene rings is 3. The maximum absolute atomic E-state index is 14.9. The molecule has 0 fully saturated rings. The van der Waals surface area contributed by atoms with Crippen LogP contribution in [-0.4, -0.2) is 52.2 Å². The molecule has 10 nitrogen and oxygen atoms in total. The zero-order chi connectivity index (χ0) is 35.2. The van der Waals surface area contributed by atoms with Gasteiger partial charge in [-0.3, -0.25) is 14.4 Å². The topological polar surface area (TPSA) is 148 Å². The Labute approximate surface area is 281 Å². The lowest BCUT2D eigenvalue weighted by molar-refractivity contribution is -0.202. The van der Waals surface area contributed by atoms with Crippen LogP contribution in [0.25, 0.3) is 0 Å². The van der Waals surface area contributed by atoms with E-state index < -0.39 is 59.8 Å². The van der Waals surface area contributed by atoms with Crippen LogP contribution in [0.5, 0.6) is 0 Å². The minimum absolute atomic E-state index is 0.0863. The molecule has 4 rings (SSSR count). The normalized spacial score (nSPS) is 16.2. The smallest absolute Gasteiger partial charge is 0.386 e. The van der Waals surface area contributed by atoms with Crippen molar-refractivity contribution in [1.82, 2.24) is 4.90 Å². The molecule has 3 aromatic rings. The van der Waals surface area contributed by atoms with Gasteiger partial charge in [-0.15, -0.1) is 0 Å². The average Bonchev–Trinajstić information content (AvgIpc) is 3.11. The molecule has 254 valence electrons. The molecule has 3 atom stereocenters. The van der Waals surface area contributed by atoms with Gasteiger partial charge < -0.3 is 26.0 Å². The van der Waals surface area contributed by atoms with Gasteiger partial charge in [0, 0.05) is 6.04 Å². The van der Waals surface area contributed by atoms with Gasteiger partial charge in [-0.05, 0) is 61.9 Å². The van der Waals surface area contributed by atoms with Crippen LogP contribution in [0.2, 0.25) is 0 Å². The van der Waals surface area contributed by atoms with Crippen LogP contribution in [0.1, 0.15) is 72.2 Å². The molecular weight excluding hydrogens is 647 g/mol. The predicted molar refractivity (Wildman–Crippen MR) is 177 cm³/mol. The minimum Gasteiger partial charge on any atom is -0.386 e. The number of nitrogens with zero attached hydrogens (tertiary/aromatic N) is 3. The Morgan fingerprint density at radius 2 is 1.60 bits per heavy atom. The number of alkyl halides is 3. The van der Waals surface area contributed by atoms with E-state index in [0.29, 0.717) is 36.1 Å². The summed E-state index contributed by atoms with van der Waals surface area (Å²) in [7, 11) is 0. The summed E-state index contributed by atoms with van der Waals surface area (Å²) < 4.78 is 43.2. The summed E-state index contributed by atoms with van der Waals surface area (Å²) in [6, 6.07) is 18.6. The highest BCUT2D eigenvalue weighted by molar-refractivity contribution is 7.80. The molecule has 1 aliphatic rings. The lowest BCUT2D eigenvalue weighted by atomic mass is 9.95. The van der Waals surface area contributed by atoms with Gasteiger partial charge in [0.05, 0.1) is 29.1 Å². The average molecular weight is 684 g/mol. The maximum Gasteiger partial charge on any atom is 0.491 e. The van der Waals surface area contributed by atoms with Crippen LogP contribution in [0.4, 0.5) is 18.9 Å². The lowest BCUT2D eigenvalue weighted by Crippen LogP contribution is -2.46. The molecule has 0 saturated heterocycles. The molecule has 0 aromatic heterocycles. The van der Waals surface area contributed by atoms with Crippen molar-refractivity contribution in [3.63, 3.8) is 0 Å². The van der Waals surface area contributed by atoms with Gasteiger partial charge in [0.15, 0.2) is 5.96 Å². The van der Waals surface area contributed by atoms with Crippen LogP contribution in [0, 0.1) is 0 Å². The van der Waals surface area contributed by atoms with E-state index in [2.05, 4.69) is 22.4 Å². The van der Waals surface area contributed by atoms with E-state index in [1.165, 1.54) is 9.80 Å². The second kappa shape index (κ2) is 15.4. The molecule has 0 aliphatic carbocycles. The fourth-order valence-electron chi connectivity index (χ4n) is 5.68. The number of hydrogen-bond donors (Lipinski definition) is 3. The van der Waals surface area contributed by atoms with E-state index in [9.17, 15) is 32.3 Å². The van der Waals surface area contributed by atoms with Gasteiger partial charge in [0.2, 0.25) is 0 Å². The Bertz CT molecular complexity index is 1670. The van der Waals surface area contributed by atoms with E-state index in [1.54, 1.807) is 86.6 Å². The summed E-state index contributed by atoms with van der Waals surface area (Å²) in [5, 5.41) is -0.427. The van der Waals surface area contributed by atoms with Gasteiger partial charge in [-0.25, -0.2) is 9.79 Å². The summed E-state index contributed by atoms with van der Waals surface area (Å²) in [5.41, 5.74) is 12.9. The predicted octanol–water partition coefficient (Wildman–Crippen LogP) is 5.24. The van der Waals surface area contributed by atoms with Crippen molar-refractivity contribution in [1.29, 1.82) is 0 Å². The number of amides is 2. The summed E-state index contributed by atoms with van der Waals surface area (Å²) in [6.07, 6.45) is -4.63. The van der Waals surface area contributed by atoms with Crippen LogP contribution in [-0.2, 0) is 25.5 Å². The molecule has 2 amide bonds. The fourth-order valence-corrected chi connectivity index (χ4v) is 5.99. The van der Waals surface area contributed by atoms with E-state index in [4.69, 9.17) is 11.5 Å². The largest absolute Gasteiger partial charge is 0.491 e. The van der Waals surface area contributed by atoms with Crippen molar-refractivity contribution < 1.29 is 37.1 Å². The van der Waals surface area contributed by atoms with Gasteiger partial charge in [-0.2, -0.15) is 25.8 Å². The molecule has 1 aliphatic heterocycles. The third-order valence-electron chi connectivity index (χ3n) is 7.71. The zero-order valence-corrected chi connectivity index (χ0v) is 27.2. The van der Waals surface area contributed by atoms with E-state index >= 15 is 0 Å². The number of anilines is 1. The van der Waals surface area contributed by atoms with E-state index in [1.807, 2.05) is 6.07 Å². The Morgan fingerprint density at radius 3 is 2.19 bits per heavy atom. The first kappa shape index (κ1) is 36.0. The molecule has 4 N–H and O–H groups in total. The molecule has 3 unspecified atom stereocenters. The highest BCUT2D eigenvalue weighted by Gasteiger charge is 2.47. The quantitative estimate of drug-likeness (QED) is 0.0823. The number of ether oxygens (including phenoxy) is 1. The van der Waals surface area contributed by atoms with Crippen molar-refractivity contribution in [3.05, 3.63) is 101 Å². The number of halogens is 3. The van der Waals surface area contributed by atoms with Crippen molar-refractivity contribution in [2.45, 2.75) is 69.2 Å². The second-order valence-corrected chi connectivity index (χ2v) is 12.1. The Hall–Kier alpha value is -4.85. The number of esters is 2. The number of fused-ring (bicyclic) bond motifs is 1. The number of thiol groups is 1. The number of rotatable bonds is 11. The zero-order valence-electron chi connectivity index (χ0n) is 26.3. The van der Waals surface area contributed by atoms with Crippen molar-refractivity contribution in [3.8, 4) is 0 Å². The van der Waals surface area contributed by atoms with Gasteiger partial charge >= 0.3 is 18.1 Å². The summed E-state index contributed by atoms with van der Waals surface area (Å²) in [6.45, 7) is 3.59. The van der Waals surface area contributed by atoms with Crippen molar-refractivity contribution in [2.75, 3.05) is 4.90 Å². The molecule has 3 aromatic carbocycles. The Morgan fingerprint density at radius 1 is 0.979 bits per heavy atom. The second-order valence-electron chi connectivity index (χ2n) is 11.5. The van der Waals surface area contributed by atoms with Crippen LogP contribution >= 0.6 is 12.6 Å². The number of nitrogens with two attached hydrogens (primary N) is 2. The molecular formula is C34H36F3N5O5S. The van der Waals surface area contributed by atoms with Crippen LogP contribution in [0.15, 0.2) is 83.9 Å². The molecule has 1 heterocycles. The number of carbonyl (C=O) groups excluding carboxylic acids is 4. The van der Waals surface area contributed by atoms with Crippen molar-refractivity contribution in [2.24, 2.45) is 16.5 Å². The lowest BCUT2D eigenvalue weighted by Gasteiger charge is -2.37.